The molecule has 152 valence electrons. The second-order valence-electron chi connectivity index (χ2n) is 8.53. The predicted octanol–water partition coefficient (Wildman–Crippen LogP) is 6.85. The van der Waals surface area contributed by atoms with E-state index in [1.165, 1.54) is 42.4 Å². The molecule has 0 bridgehead atoms. The summed E-state index contributed by atoms with van der Waals surface area (Å²) in [6.45, 7) is 10.6. The zero-order valence-corrected chi connectivity index (χ0v) is 17.8. The molecule has 1 aliphatic heterocycles. The molecule has 1 fully saturated rings. The predicted molar refractivity (Wildman–Crippen MR) is 118 cm³/mol. The van der Waals surface area contributed by atoms with Gasteiger partial charge in [0, 0.05) is 30.2 Å². The Morgan fingerprint density at radius 3 is 2.50 bits per heavy atom. The van der Waals surface area contributed by atoms with Crippen LogP contribution in [0.3, 0.4) is 0 Å². The summed E-state index contributed by atoms with van der Waals surface area (Å²) in [7, 11) is 0. The van der Waals surface area contributed by atoms with Crippen LogP contribution in [0.2, 0.25) is 0 Å². The first-order valence-electron chi connectivity index (χ1n) is 10.8. The third-order valence-corrected chi connectivity index (χ3v) is 5.75. The Hall–Kier alpha value is -1.87. The van der Waals surface area contributed by atoms with Gasteiger partial charge in [0.25, 0.3) is 0 Å². The van der Waals surface area contributed by atoms with E-state index in [9.17, 15) is 4.39 Å². The maximum Gasteiger partial charge on any atom is 0.123 e. The molecule has 0 atom stereocenters. The maximum absolute atomic E-state index is 13.9. The minimum atomic E-state index is -0.143. The molecule has 0 radical (unpaired) electrons. The van der Waals surface area contributed by atoms with Crippen molar-refractivity contribution in [3.05, 3.63) is 59.1 Å². The summed E-state index contributed by atoms with van der Waals surface area (Å²) >= 11 is 0. The zero-order chi connectivity index (χ0) is 19.9. The van der Waals surface area contributed by atoms with Crippen LogP contribution >= 0.6 is 0 Å². The second kappa shape index (κ2) is 10.1. The van der Waals surface area contributed by atoms with E-state index in [4.69, 9.17) is 0 Å². The molecule has 28 heavy (non-hydrogen) atoms. The first-order chi connectivity index (χ1) is 13.5. The van der Waals surface area contributed by atoms with Gasteiger partial charge < -0.3 is 4.57 Å². The number of hydrogen-bond donors (Lipinski definition) is 0. The molecule has 0 aliphatic carbocycles. The Kier molecular flexibility index (Phi) is 7.50. The van der Waals surface area contributed by atoms with Crippen molar-refractivity contribution in [2.75, 3.05) is 13.1 Å². The van der Waals surface area contributed by atoms with Crippen molar-refractivity contribution in [2.45, 2.75) is 72.4 Å². The van der Waals surface area contributed by atoms with Crippen LogP contribution in [0.1, 0.15) is 64.9 Å². The quantitative estimate of drug-likeness (QED) is 0.475. The summed E-state index contributed by atoms with van der Waals surface area (Å²) in [6.07, 6.45) is 14.3. The van der Waals surface area contributed by atoms with Crippen molar-refractivity contribution in [3.63, 3.8) is 0 Å². The Morgan fingerprint density at radius 1 is 1.04 bits per heavy atom. The van der Waals surface area contributed by atoms with E-state index in [1.807, 2.05) is 6.07 Å². The standard InChI is InChI=1S/C25H35FN2/c1-20(2)9-8-10-21(3)13-16-28-19-22(18-27-14-6-4-5-7-15-27)24-17-23(26)11-12-25(24)28/h9,11-13,17,19H,4-8,10,14-16,18H2,1-3H3/b21-13+. The molecule has 1 aromatic heterocycles. The summed E-state index contributed by atoms with van der Waals surface area (Å²) in [5.74, 6) is -0.143. The average molecular weight is 383 g/mol. The van der Waals surface area contributed by atoms with Crippen LogP contribution < -0.4 is 0 Å². The van der Waals surface area contributed by atoms with Gasteiger partial charge in [0.2, 0.25) is 0 Å². The van der Waals surface area contributed by atoms with Crippen LogP contribution in [0.5, 0.6) is 0 Å². The van der Waals surface area contributed by atoms with Gasteiger partial charge in [0.15, 0.2) is 0 Å². The van der Waals surface area contributed by atoms with Gasteiger partial charge in [-0.2, -0.15) is 0 Å². The number of fused-ring (bicyclic) bond motifs is 1. The van der Waals surface area contributed by atoms with E-state index < -0.39 is 0 Å². The third-order valence-electron chi connectivity index (χ3n) is 5.75. The van der Waals surface area contributed by atoms with Crippen molar-refractivity contribution in [3.8, 4) is 0 Å². The highest BCUT2D eigenvalue weighted by Gasteiger charge is 2.14. The molecule has 1 aromatic carbocycles. The minimum Gasteiger partial charge on any atom is -0.343 e. The van der Waals surface area contributed by atoms with E-state index in [0.29, 0.717) is 0 Å². The van der Waals surface area contributed by atoms with Crippen molar-refractivity contribution < 1.29 is 4.39 Å². The minimum absolute atomic E-state index is 0.143. The van der Waals surface area contributed by atoms with Crippen LogP contribution in [-0.2, 0) is 13.1 Å². The van der Waals surface area contributed by atoms with E-state index in [2.05, 4.69) is 48.6 Å². The molecule has 0 unspecified atom stereocenters. The topological polar surface area (TPSA) is 8.17 Å². The van der Waals surface area contributed by atoms with Gasteiger partial charge >= 0.3 is 0 Å². The smallest absolute Gasteiger partial charge is 0.123 e. The number of allylic oxidation sites excluding steroid dienone is 4. The maximum atomic E-state index is 13.9. The van der Waals surface area contributed by atoms with Gasteiger partial charge in [-0.05, 0) is 83.3 Å². The van der Waals surface area contributed by atoms with Crippen molar-refractivity contribution in [1.82, 2.24) is 9.47 Å². The highest BCUT2D eigenvalue weighted by atomic mass is 19.1. The highest BCUT2D eigenvalue weighted by molar-refractivity contribution is 5.84. The summed E-state index contributed by atoms with van der Waals surface area (Å²) < 4.78 is 16.2. The number of likely N-dealkylation sites (tertiary alicyclic amines) is 1. The Balaban J connectivity index is 1.77. The second-order valence-corrected chi connectivity index (χ2v) is 8.53. The average Bonchev–Trinajstić information content (AvgIpc) is 2.81. The Morgan fingerprint density at radius 2 is 1.79 bits per heavy atom. The van der Waals surface area contributed by atoms with E-state index in [1.54, 1.807) is 12.1 Å². The number of aromatic nitrogens is 1. The molecule has 0 spiro atoms. The van der Waals surface area contributed by atoms with Crippen LogP contribution in [0.15, 0.2) is 47.7 Å². The molecule has 0 N–H and O–H groups in total. The van der Waals surface area contributed by atoms with Crippen LogP contribution in [0.25, 0.3) is 10.9 Å². The van der Waals surface area contributed by atoms with Crippen molar-refractivity contribution in [2.24, 2.45) is 0 Å². The van der Waals surface area contributed by atoms with Gasteiger partial charge in [-0.15, -0.1) is 0 Å². The van der Waals surface area contributed by atoms with Crippen LogP contribution in [-0.4, -0.2) is 22.6 Å². The lowest BCUT2D eigenvalue weighted by Crippen LogP contribution is -2.23. The van der Waals surface area contributed by atoms with Gasteiger partial charge in [0.05, 0.1) is 0 Å². The summed E-state index contributed by atoms with van der Waals surface area (Å²) in [5, 5.41) is 1.07. The number of nitrogens with zero attached hydrogens (tertiary/aromatic N) is 2. The van der Waals surface area contributed by atoms with Gasteiger partial charge in [0.1, 0.15) is 5.82 Å². The van der Waals surface area contributed by atoms with Crippen molar-refractivity contribution in [1.29, 1.82) is 0 Å². The Bertz CT molecular complexity index is 832. The number of halogens is 1. The SMILES string of the molecule is CC(C)=CCC/C(C)=C/Cn1cc(CN2CCCCCC2)c2cc(F)ccc21. The first-order valence-corrected chi connectivity index (χ1v) is 10.8. The monoisotopic (exact) mass is 382 g/mol. The normalized spacial score (nSPS) is 16.4. The molecule has 3 heteroatoms. The lowest BCUT2D eigenvalue weighted by Gasteiger charge is -2.19. The number of rotatable bonds is 7. The van der Waals surface area contributed by atoms with Crippen LogP contribution in [0, 0.1) is 5.82 Å². The molecule has 2 aromatic rings. The van der Waals surface area contributed by atoms with Gasteiger partial charge in [-0.25, -0.2) is 4.39 Å². The molecular formula is C25H35FN2. The third kappa shape index (κ3) is 5.81. The lowest BCUT2D eigenvalue weighted by molar-refractivity contribution is 0.278. The van der Waals surface area contributed by atoms with E-state index in [0.717, 1.165) is 49.9 Å². The molecule has 3 rings (SSSR count). The molecule has 2 heterocycles. The summed E-state index contributed by atoms with van der Waals surface area (Å²) in [5.41, 5.74) is 5.19. The molecule has 0 amide bonds. The summed E-state index contributed by atoms with van der Waals surface area (Å²) in [4.78, 5) is 2.54. The Labute approximate surface area is 169 Å². The van der Waals surface area contributed by atoms with E-state index >= 15 is 0 Å². The lowest BCUT2D eigenvalue weighted by atomic mass is 10.1. The first kappa shape index (κ1) is 20.9. The van der Waals surface area contributed by atoms with E-state index in [-0.39, 0.29) is 5.82 Å². The summed E-state index contributed by atoms with van der Waals surface area (Å²) in [6, 6.07) is 5.23. The zero-order valence-electron chi connectivity index (χ0n) is 17.8. The number of benzene rings is 1. The fourth-order valence-electron chi connectivity index (χ4n) is 4.10. The van der Waals surface area contributed by atoms with Gasteiger partial charge in [-0.1, -0.05) is 36.1 Å². The molecule has 0 saturated carbocycles. The van der Waals surface area contributed by atoms with Gasteiger partial charge in [-0.3, -0.25) is 4.90 Å². The fourth-order valence-corrected chi connectivity index (χ4v) is 4.10. The number of hydrogen-bond acceptors (Lipinski definition) is 1. The fraction of sp³-hybridized carbons (Fsp3) is 0.520. The molecule has 2 nitrogen and oxygen atoms in total. The molecule has 1 saturated heterocycles. The molecular weight excluding hydrogens is 347 g/mol. The van der Waals surface area contributed by atoms with Crippen LogP contribution in [0.4, 0.5) is 4.39 Å². The molecule has 1 aliphatic rings. The largest absolute Gasteiger partial charge is 0.343 e. The highest BCUT2D eigenvalue weighted by Crippen LogP contribution is 2.25. The van der Waals surface area contributed by atoms with Crippen molar-refractivity contribution >= 4 is 10.9 Å².